The number of primary sulfonamides is 1. The molecule has 4 N–H and O–H groups in total. The van der Waals surface area contributed by atoms with Crippen LogP contribution in [0.5, 0.6) is 11.5 Å². The second-order valence-electron chi connectivity index (χ2n) is 7.08. The molecule has 0 saturated carbocycles. The molecule has 0 saturated heterocycles. The Hall–Kier alpha value is -3.83. The van der Waals surface area contributed by atoms with Crippen LogP contribution >= 0.6 is 0 Å². The van der Waals surface area contributed by atoms with Gasteiger partial charge < -0.3 is 0 Å². The molecule has 0 radical (unpaired) electrons. The molecule has 0 spiro atoms. The number of ether oxygens (including phenoxy) is 1. The standard InChI is InChI=1S/C23H20N6O4SSe/c1-33-20-13-15(7-12-19(20)30)14-25-29-23-26-21(16-5-3-2-4-6-16)22(35-23)28-27-17-8-10-18(11-9-17)34(24,31)32/h2-14,30H,1H3,(H,26,29)(H2,24,31,32). The van der Waals surface area contributed by atoms with Crippen molar-refractivity contribution in [1.82, 2.24) is 4.98 Å². The van der Waals surface area contributed by atoms with Crippen molar-refractivity contribution in [2.24, 2.45) is 20.5 Å². The van der Waals surface area contributed by atoms with Crippen LogP contribution in [0.1, 0.15) is 5.56 Å². The Balaban J connectivity index is 1.58. The third-order valence-electron chi connectivity index (χ3n) is 4.66. The predicted molar refractivity (Wildman–Crippen MR) is 134 cm³/mol. The summed E-state index contributed by atoms with van der Waals surface area (Å²) < 4.78 is 29.3. The van der Waals surface area contributed by atoms with E-state index in [-0.39, 0.29) is 25.1 Å². The molecule has 0 aliphatic heterocycles. The molecule has 35 heavy (non-hydrogen) atoms. The van der Waals surface area contributed by atoms with Crippen molar-refractivity contribution in [3.05, 3.63) is 78.4 Å². The Morgan fingerprint density at radius 1 is 1.06 bits per heavy atom. The number of rotatable bonds is 8. The number of sulfonamides is 1. The summed E-state index contributed by atoms with van der Waals surface area (Å²) in [5, 5.41) is 27.7. The zero-order valence-electron chi connectivity index (χ0n) is 18.4. The molecule has 0 atom stereocenters. The molecule has 4 rings (SSSR count). The fourth-order valence-corrected chi connectivity index (χ4v) is 5.06. The summed E-state index contributed by atoms with van der Waals surface area (Å²) in [7, 11) is -2.30. The molecule has 4 aromatic rings. The third-order valence-corrected chi connectivity index (χ3v) is 7.36. The molecule has 178 valence electrons. The molecule has 12 heteroatoms. The van der Waals surface area contributed by atoms with Gasteiger partial charge in [0.2, 0.25) is 0 Å². The average molecular weight is 555 g/mol. The van der Waals surface area contributed by atoms with Crippen LogP contribution in [-0.2, 0) is 10.0 Å². The Labute approximate surface area is 207 Å². The van der Waals surface area contributed by atoms with Crippen LogP contribution in [0.4, 0.5) is 14.9 Å². The van der Waals surface area contributed by atoms with E-state index in [1.807, 2.05) is 30.3 Å². The molecule has 0 fully saturated rings. The topological polar surface area (TPSA) is 152 Å². The minimum absolute atomic E-state index is 0.00431. The van der Waals surface area contributed by atoms with Crippen LogP contribution in [-0.4, -0.2) is 46.3 Å². The second kappa shape index (κ2) is 10.6. The summed E-state index contributed by atoms with van der Waals surface area (Å²) in [6.45, 7) is 0. The summed E-state index contributed by atoms with van der Waals surface area (Å²) in [6, 6.07) is 20.3. The number of methoxy groups -OCH3 is 1. The van der Waals surface area contributed by atoms with Crippen molar-refractivity contribution in [3.8, 4) is 22.8 Å². The van der Waals surface area contributed by atoms with E-state index in [1.165, 1.54) is 37.4 Å². The first-order valence-electron chi connectivity index (χ1n) is 10.1. The Kier molecular flexibility index (Phi) is 7.37. The van der Waals surface area contributed by atoms with Crippen LogP contribution in [0.3, 0.4) is 0 Å². The SMILES string of the molecule is COc1cc(C=NNc2nc(-c3ccccc3)c(N=Nc3ccc(S(N)(=O)=O)cc3)[se]2)ccc1O. The maximum atomic E-state index is 11.4. The van der Waals surface area contributed by atoms with Crippen LogP contribution < -0.4 is 15.3 Å². The molecule has 0 amide bonds. The van der Waals surface area contributed by atoms with Gasteiger partial charge in [-0.2, -0.15) is 0 Å². The van der Waals surface area contributed by atoms with Crippen molar-refractivity contribution >= 4 is 45.7 Å². The van der Waals surface area contributed by atoms with Gasteiger partial charge in [0.05, 0.1) is 0 Å². The summed E-state index contributed by atoms with van der Waals surface area (Å²) in [5.74, 6) is 0.399. The Morgan fingerprint density at radius 3 is 2.49 bits per heavy atom. The number of nitrogens with two attached hydrogens (primary N) is 1. The molecule has 0 aliphatic rings. The van der Waals surface area contributed by atoms with E-state index in [4.69, 9.17) is 9.88 Å². The number of nitrogens with one attached hydrogen (secondary N) is 1. The van der Waals surface area contributed by atoms with E-state index in [0.717, 1.165) is 11.1 Å². The number of hydrogen-bond donors (Lipinski definition) is 3. The molecular weight excluding hydrogens is 535 g/mol. The van der Waals surface area contributed by atoms with Gasteiger partial charge in [0.1, 0.15) is 0 Å². The van der Waals surface area contributed by atoms with Gasteiger partial charge in [0.15, 0.2) is 0 Å². The predicted octanol–water partition coefficient (Wildman–Crippen LogP) is 4.03. The van der Waals surface area contributed by atoms with Crippen molar-refractivity contribution in [2.45, 2.75) is 4.90 Å². The van der Waals surface area contributed by atoms with Crippen molar-refractivity contribution in [2.75, 3.05) is 12.5 Å². The number of aromatic hydroxyl groups is 1. The van der Waals surface area contributed by atoms with Gasteiger partial charge in [-0.05, 0) is 0 Å². The van der Waals surface area contributed by atoms with E-state index >= 15 is 0 Å². The van der Waals surface area contributed by atoms with Crippen LogP contribution in [0.2, 0.25) is 0 Å². The summed E-state index contributed by atoms with van der Waals surface area (Å²) in [6.07, 6.45) is 1.59. The van der Waals surface area contributed by atoms with Crippen molar-refractivity contribution in [3.63, 3.8) is 0 Å². The molecule has 0 aliphatic carbocycles. The van der Waals surface area contributed by atoms with Crippen LogP contribution in [0.25, 0.3) is 11.3 Å². The number of phenols is 1. The van der Waals surface area contributed by atoms with Gasteiger partial charge in [0.25, 0.3) is 0 Å². The quantitative estimate of drug-likeness (QED) is 0.129. The van der Waals surface area contributed by atoms with Gasteiger partial charge in [0, 0.05) is 0 Å². The first-order valence-corrected chi connectivity index (χ1v) is 13.4. The van der Waals surface area contributed by atoms with Crippen LogP contribution in [0, 0.1) is 0 Å². The van der Waals surface area contributed by atoms with Gasteiger partial charge in [-0.25, -0.2) is 0 Å². The minimum atomic E-state index is -3.78. The molecule has 0 unspecified atom stereocenters. The van der Waals surface area contributed by atoms with Crippen molar-refractivity contribution < 1.29 is 18.3 Å². The van der Waals surface area contributed by atoms with E-state index in [9.17, 15) is 13.5 Å². The third kappa shape index (κ3) is 6.19. The summed E-state index contributed by atoms with van der Waals surface area (Å²) in [4.78, 5) is 4.67. The number of azo groups is 1. The van der Waals surface area contributed by atoms with Gasteiger partial charge >= 0.3 is 208 Å². The van der Waals surface area contributed by atoms with Crippen molar-refractivity contribution in [1.29, 1.82) is 0 Å². The number of anilines is 1. The summed E-state index contributed by atoms with van der Waals surface area (Å²) in [5.41, 5.74) is 5.73. The second-order valence-corrected chi connectivity index (χ2v) is 10.7. The molecular formula is C23H20N6O4SSe. The zero-order chi connectivity index (χ0) is 24.8. The normalized spacial score (nSPS) is 11.8. The van der Waals surface area contributed by atoms with E-state index in [2.05, 4.69) is 25.7 Å². The summed E-state index contributed by atoms with van der Waals surface area (Å²) >= 11 is -0.306. The molecule has 1 aromatic heterocycles. The zero-order valence-corrected chi connectivity index (χ0v) is 20.9. The first-order chi connectivity index (χ1) is 16.8. The maximum absolute atomic E-state index is 11.4. The number of aromatic nitrogens is 1. The Morgan fingerprint density at radius 2 is 1.80 bits per heavy atom. The molecule has 10 nitrogen and oxygen atoms in total. The fourth-order valence-electron chi connectivity index (χ4n) is 2.95. The first kappa shape index (κ1) is 24.3. The number of nitrogens with zero attached hydrogens (tertiary/aromatic N) is 4. The van der Waals surface area contributed by atoms with E-state index < -0.39 is 10.0 Å². The van der Waals surface area contributed by atoms with E-state index in [1.54, 1.807) is 18.3 Å². The Bertz CT molecular complexity index is 1490. The fraction of sp³-hybridized carbons (Fsp3) is 0.0435. The van der Waals surface area contributed by atoms with E-state index in [0.29, 0.717) is 26.4 Å². The number of hydrogen-bond acceptors (Lipinski definition) is 9. The van der Waals surface area contributed by atoms with Gasteiger partial charge in [-0.15, -0.1) is 0 Å². The molecule has 1 heterocycles. The molecule has 3 aromatic carbocycles. The number of benzene rings is 3. The van der Waals surface area contributed by atoms with Crippen LogP contribution in [0.15, 0.2) is 93.0 Å². The molecule has 0 bridgehead atoms. The number of phenolic OH excluding ortho intramolecular Hbond substituents is 1. The average Bonchev–Trinajstić information content (AvgIpc) is 3.27. The number of hydrazone groups is 1. The monoisotopic (exact) mass is 556 g/mol. The van der Waals surface area contributed by atoms with Gasteiger partial charge in [-0.1, -0.05) is 0 Å². The van der Waals surface area contributed by atoms with Gasteiger partial charge in [-0.3, -0.25) is 0 Å².